The first-order valence-corrected chi connectivity index (χ1v) is 13.3. The van der Waals surface area contributed by atoms with Crippen molar-refractivity contribution in [3.63, 3.8) is 0 Å². The van der Waals surface area contributed by atoms with Crippen molar-refractivity contribution in [1.82, 2.24) is 0 Å². The van der Waals surface area contributed by atoms with Gasteiger partial charge in [-0.2, -0.15) is 0 Å². The Morgan fingerprint density at radius 1 is 1.19 bits per heavy atom. The van der Waals surface area contributed by atoms with Crippen molar-refractivity contribution in [3.8, 4) is 0 Å². The molecule has 3 N–H and O–H groups in total. The summed E-state index contributed by atoms with van der Waals surface area (Å²) in [4.78, 5) is 25.2. The third-order valence-electron chi connectivity index (χ3n) is 9.94. The molecule has 36 heavy (non-hydrogen) atoms. The second-order valence-corrected chi connectivity index (χ2v) is 11.4. The van der Waals surface area contributed by atoms with Crippen LogP contribution in [0.5, 0.6) is 0 Å². The first-order valence-electron chi connectivity index (χ1n) is 13.3. The minimum Gasteiger partial charge on any atom is -0.390 e. The summed E-state index contributed by atoms with van der Waals surface area (Å²) in [5, 5.41) is 33.2. The number of hydrogen-bond donors (Lipinski definition) is 3. The number of allylic oxidation sites excluding steroid dienone is 1. The van der Waals surface area contributed by atoms with Gasteiger partial charge in [-0.1, -0.05) is 19.4 Å². The van der Waals surface area contributed by atoms with Gasteiger partial charge < -0.3 is 29.5 Å². The lowest BCUT2D eigenvalue weighted by atomic mass is 9.44. The number of alkyl halides is 1. The Morgan fingerprint density at radius 2 is 1.86 bits per heavy atom. The van der Waals surface area contributed by atoms with E-state index in [-0.39, 0.29) is 31.7 Å². The first-order chi connectivity index (χ1) is 16.9. The number of carbonyl (C=O) groups is 2. The molecule has 0 aromatic carbocycles. The summed E-state index contributed by atoms with van der Waals surface area (Å²) >= 11 is 0. The molecule has 204 valence electrons. The lowest BCUT2D eigenvalue weighted by Crippen LogP contribution is -2.70. The zero-order valence-corrected chi connectivity index (χ0v) is 21.8. The zero-order chi connectivity index (χ0) is 26.5. The first kappa shape index (κ1) is 27.8. The summed E-state index contributed by atoms with van der Waals surface area (Å²) in [6.45, 7) is 6.96. The number of hydrogen-bond acceptors (Lipinski definition) is 8. The van der Waals surface area contributed by atoms with Gasteiger partial charge in [-0.05, 0) is 57.9 Å². The number of rotatable bonds is 9. The molecule has 0 aliphatic heterocycles. The average molecular weight is 513 g/mol. The number of aliphatic hydroxyl groups excluding tert-OH is 2. The van der Waals surface area contributed by atoms with Gasteiger partial charge in [-0.25, -0.2) is 4.39 Å². The van der Waals surface area contributed by atoms with Gasteiger partial charge in [0, 0.05) is 36.4 Å². The van der Waals surface area contributed by atoms with E-state index in [0.717, 1.165) is 5.57 Å². The van der Waals surface area contributed by atoms with Crippen LogP contribution in [0.4, 0.5) is 4.39 Å². The van der Waals surface area contributed by atoms with Crippen LogP contribution < -0.4 is 0 Å². The highest BCUT2D eigenvalue weighted by molar-refractivity contribution is 5.92. The zero-order valence-electron chi connectivity index (χ0n) is 21.8. The van der Waals surface area contributed by atoms with Gasteiger partial charge in [0.2, 0.25) is 0 Å². The second-order valence-electron chi connectivity index (χ2n) is 11.4. The van der Waals surface area contributed by atoms with Crippen LogP contribution in [0.25, 0.3) is 0 Å². The third kappa shape index (κ3) is 3.76. The van der Waals surface area contributed by atoms with Gasteiger partial charge in [0.25, 0.3) is 0 Å². The van der Waals surface area contributed by atoms with Crippen molar-refractivity contribution >= 4 is 11.6 Å². The van der Waals surface area contributed by atoms with Gasteiger partial charge in [-0.15, -0.1) is 0 Å². The van der Waals surface area contributed by atoms with Crippen LogP contribution >= 0.6 is 0 Å². The Labute approximate surface area is 212 Å². The van der Waals surface area contributed by atoms with Gasteiger partial charge in [0.05, 0.1) is 18.8 Å². The molecule has 8 atom stereocenters. The maximum atomic E-state index is 17.3. The quantitative estimate of drug-likeness (QED) is 0.402. The van der Waals surface area contributed by atoms with Crippen LogP contribution in [0, 0.1) is 22.7 Å². The van der Waals surface area contributed by atoms with Crippen LogP contribution in [0.3, 0.4) is 0 Å². The highest BCUT2D eigenvalue weighted by Gasteiger charge is 2.76. The molecule has 0 spiro atoms. The van der Waals surface area contributed by atoms with E-state index >= 15 is 4.39 Å². The lowest BCUT2D eigenvalue weighted by molar-refractivity contribution is -0.236. The normalized spacial score (nSPS) is 44.1. The molecule has 4 rings (SSSR count). The van der Waals surface area contributed by atoms with E-state index in [9.17, 15) is 24.9 Å². The van der Waals surface area contributed by atoms with Crippen molar-refractivity contribution in [2.45, 2.75) is 96.0 Å². The maximum absolute atomic E-state index is 17.3. The van der Waals surface area contributed by atoms with E-state index in [1.165, 1.54) is 0 Å². The summed E-state index contributed by atoms with van der Waals surface area (Å²) in [6, 6.07) is 0. The fraction of sp³-hybridized carbons (Fsp3) is 0.852. The van der Waals surface area contributed by atoms with Gasteiger partial charge in [0.15, 0.2) is 23.5 Å². The van der Waals surface area contributed by atoms with Crippen LogP contribution in [-0.4, -0.2) is 83.1 Å². The predicted molar refractivity (Wildman–Crippen MR) is 128 cm³/mol. The van der Waals surface area contributed by atoms with E-state index in [1.807, 2.05) is 13.8 Å². The van der Waals surface area contributed by atoms with Crippen molar-refractivity contribution in [2.75, 3.05) is 26.4 Å². The molecular weight excluding hydrogens is 471 g/mol. The maximum Gasteiger partial charge on any atom is 0.192 e. The van der Waals surface area contributed by atoms with E-state index in [2.05, 4.69) is 0 Å². The monoisotopic (exact) mass is 512 g/mol. The van der Waals surface area contributed by atoms with E-state index in [1.54, 1.807) is 19.9 Å². The summed E-state index contributed by atoms with van der Waals surface area (Å²) < 4.78 is 34.5. The number of ether oxygens (including phenoxy) is 3. The lowest BCUT2D eigenvalue weighted by Gasteiger charge is -2.63. The molecule has 0 radical (unpaired) electrons. The van der Waals surface area contributed by atoms with Crippen molar-refractivity contribution in [3.05, 3.63) is 11.6 Å². The Hall–Kier alpha value is -1.23. The summed E-state index contributed by atoms with van der Waals surface area (Å²) in [5.74, 6) is -1.95. The van der Waals surface area contributed by atoms with Crippen molar-refractivity contribution in [1.29, 1.82) is 0 Å². The minimum absolute atomic E-state index is 0.0185. The van der Waals surface area contributed by atoms with Gasteiger partial charge in [0.1, 0.15) is 12.3 Å². The van der Waals surface area contributed by atoms with Crippen LogP contribution in [0.1, 0.15) is 66.2 Å². The summed E-state index contributed by atoms with van der Waals surface area (Å²) in [5.41, 5.74) is -5.61. The second kappa shape index (κ2) is 9.82. The van der Waals surface area contributed by atoms with E-state index in [4.69, 9.17) is 14.2 Å². The van der Waals surface area contributed by atoms with Crippen LogP contribution in [0.2, 0.25) is 0 Å². The highest BCUT2D eigenvalue weighted by atomic mass is 19.1. The number of Topliss-reactive ketones (excluding diaryl/α,β-unsaturated/α-hetero) is 1. The Kier molecular flexibility index (Phi) is 7.58. The molecule has 9 heteroatoms. The minimum atomic E-state index is -2.11. The van der Waals surface area contributed by atoms with Gasteiger partial charge in [-0.3, -0.25) is 9.59 Å². The summed E-state index contributed by atoms with van der Waals surface area (Å²) in [7, 11) is 0. The Morgan fingerprint density at radius 3 is 2.47 bits per heavy atom. The molecule has 0 heterocycles. The number of halogens is 1. The number of fused-ring (bicyclic) bond motifs is 5. The van der Waals surface area contributed by atoms with E-state index in [0.29, 0.717) is 32.5 Å². The number of aliphatic hydroxyl groups is 3. The molecule has 0 bridgehead atoms. The molecule has 8 nitrogen and oxygen atoms in total. The van der Waals surface area contributed by atoms with E-state index < -0.39 is 64.8 Å². The fourth-order valence-electron chi connectivity index (χ4n) is 8.08. The van der Waals surface area contributed by atoms with Crippen molar-refractivity contribution in [2.24, 2.45) is 22.7 Å². The molecule has 0 unspecified atom stereocenters. The molecular formula is C27H41FO8. The Bertz CT molecular complexity index is 902. The smallest absolute Gasteiger partial charge is 0.192 e. The number of carbonyl (C=O) groups excluding carboxylic acids is 2. The number of ketones is 2. The molecule has 0 aromatic rings. The summed E-state index contributed by atoms with van der Waals surface area (Å²) in [6.07, 6.45) is -0.149. The standard InChI is InChI=1S/C27H41FO8/c1-5-34-23(35-6-2)15-36-22-12-19-18-8-7-16-11-17(30)9-10-24(16,3)26(18,28)20(31)13-25(19,4)27(22,33)21(32)14-29/h11,18-20,22-23,29,31,33H,5-10,12-15H2,1-4H3/t18-,19-,20-,22+,24-,25-,26-,27+/m0/s1. The van der Waals surface area contributed by atoms with Crippen LogP contribution in [-0.2, 0) is 23.8 Å². The van der Waals surface area contributed by atoms with Crippen LogP contribution in [0.15, 0.2) is 11.6 Å². The fourth-order valence-corrected chi connectivity index (χ4v) is 8.08. The Balaban J connectivity index is 1.71. The average Bonchev–Trinajstić information content (AvgIpc) is 3.06. The molecule has 3 fully saturated rings. The topological polar surface area (TPSA) is 123 Å². The molecule has 4 aliphatic carbocycles. The molecule has 4 aliphatic rings. The van der Waals surface area contributed by atoms with Crippen molar-refractivity contribution < 1.29 is 43.5 Å². The predicted octanol–water partition coefficient (Wildman–Crippen LogP) is 2.27. The highest BCUT2D eigenvalue weighted by Crippen LogP contribution is 2.70. The third-order valence-corrected chi connectivity index (χ3v) is 9.94. The molecule has 0 saturated heterocycles. The van der Waals surface area contributed by atoms with Gasteiger partial charge >= 0.3 is 0 Å². The SMILES string of the molecule is CCOC(CO[C@@H]1C[C@H]2[C@@H]3CCC4=CC(=O)CC[C@]4(C)[C@@]3(F)[C@@H](O)C[C@]2(C)[C@@]1(O)C(=O)CO)OCC. The molecule has 0 aromatic heterocycles. The molecule has 3 saturated carbocycles. The largest absolute Gasteiger partial charge is 0.390 e. The molecule has 0 amide bonds.